The van der Waals surface area contributed by atoms with Crippen LogP contribution < -0.4 is 9.80 Å². The summed E-state index contributed by atoms with van der Waals surface area (Å²) in [6.45, 7) is 0. The van der Waals surface area contributed by atoms with Crippen molar-refractivity contribution < 1.29 is 0 Å². The maximum absolute atomic E-state index is 2.47. The first-order chi connectivity index (χ1) is 27.8. The zero-order valence-corrected chi connectivity index (χ0v) is 31.8. The molecule has 8 aromatic rings. The van der Waals surface area contributed by atoms with Gasteiger partial charge in [-0.3, -0.25) is 0 Å². The molecule has 2 nitrogen and oxygen atoms in total. The molecule has 0 bridgehead atoms. The van der Waals surface area contributed by atoms with E-state index in [1.165, 1.54) is 49.5 Å². The Bertz CT molecular complexity index is 2530. The second kappa shape index (κ2) is 16.4. The van der Waals surface area contributed by atoms with E-state index in [2.05, 4.69) is 216 Å². The Kier molecular flexibility index (Phi) is 10.3. The fourth-order valence-electron chi connectivity index (χ4n) is 8.46. The highest BCUT2D eigenvalue weighted by molar-refractivity contribution is 6.08. The van der Waals surface area contributed by atoms with Crippen molar-refractivity contribution in [1.29, 1.82) is 0 Å². The lowest BCUT2D eigenvalue weighted by Crippen LogP contribution is -2.11. The topological polar surface area (TPSA) is 6.48 Å². The summed E-state index contributed by atoms with van der Waals surface area (Å²) < 4.78 is 0. The first kappa shape index (κ1) is 35.1. The number of hydrogen-bond donors (Lipinski definition) is 0. The van der Waals surface area contributed by atoms with Crippen LogP contribution in [-0.2, 0) is 19.3 Å². The van der Waals surface area contributed by atoms with Gasteiger partial charge in [0.1, 0.15) is 0 Å². The molecule has 272 valence electrons. The molecule has 0 spiro atoms. The summed E-state index contributed by atoms with van der Waals surface area (Å²) in [5, 5.41) is 5.37. The van der Waals surface area contributed by atoms with Crippen molar-refractivity contribution in [1.82, 2.24) is 0 Å². The first-order valence-electron chi connectivity index (χ1n) is 20.0. The molecule has 1 aliphatic carbocycles. The van der Waals surface area contributed by atoms with E-state index < -0.39 is 0 Å². The fraction of sp³-hybridized carbons (Fsp3) is 0.111. The van der Waals surface area contributed by atoms with Crippen LogP contribution in [0.4, 0.5) is 34.1 Å². The van der Waals surface area contributed by atoms with E-state index >= 15 is 0 Å². The molecule has 0 aliphatic heterocycles. The average Bonchev–Trinajstić information content (AvgIpc) is 3.27. The third-order valence-electron chi connectivity index (χ3n) is 11.2. The zero-order chi connectivity index (χ0) is 37.5. The van der Waals surface area contributed by atoms with Crippen molar-refractivity contribution in [3.05, 3.63) is 229 Å². The van der Waals surface area contributed by atoms with E-state index in [-0.39, 0.29) is 0 Å². The highest BCUT2D eigenvalue weighted by atomic mass is 15.1. The van der Waals surface area contributed by atoms with Gasteiger partial charge in [-0.1, -0.05) is 139 Å². The predicted octanol–water partition coefficient (Wildman–Crippen LogP) is 14.9. The zero-order valence-electron chi connectivity index (χ0n) is 31.8. The molecular weight excluding hydrogens is 677 g/mol. The molecule has 0 atom stereocenters. The van der Waals surface area contributed by atoms with E-state index in [0.717, 1.165) is 67.0 Å². The van der Waals surface area contributed by atoms with Crippen molar-refractivity contribution in [3.63, 3.8) is 0 Å². The second-order valence-electron chi connectivity index (χ2n) is 14.7. The standard InChI is InChI=1S/C54H46N2/c1-7-19-41(20-8-1)31-35-49-51-37-33-48(56(45-27-15-5-16-28-45)46-29-17-6-18-30-46)40-54(51)50(36-32-42-21-9-2-10-22-42)52-38-34-47(39-53(49)52)55(43-23-11-3-12-24-43)44-25-13-4-14-26-44/h1-9,11-21,23-30,33-34,37-40H,10,22,31-32,35-36H2. The summed E-state index contributed by atoms with van der Waals surface area (Å²) in [5.41, 5.74) is 12.6. The second-order valence-corrected chi connectivity index (χ2v) is 14.7. The number of rotatable bonds is 12. The number of hydrogen-bond acceptors (Lipinski definition) is 2. The monoisotopic (exact) mass is 722 g/mol. The van der Waals surface area contributed by atoms with Crippen LogP contribution in [-0.4, -0.2) is 0 Å². The van der Waals surface area contributed by atoms with Crippen LogP contribution in [0.5, 0.6) is 0 Å². The Morgan fingerprint density at radius 2 is 0.768 bits per heavy atom. The Morgan fingerprint density at radius 1 is 0.357 bits per heavy atom. The minimum Gasteiger partial charge on any atom is -0.310 e. The lowest BCUT2D eigenvalue weighted by molar-refractivity contribution is 0.845. The smallest absolute Gasteiger partial charge is 0.0468 e. The minimum atomic E-state index is 0.938. The summed E-state index contributed by atoms with van der Waals surface area (Å²) in [7, 11) is 0. The molecule has 1 aliphatic rings. The molecule has 0 amide bonds. The van der Waals surface area contributed by atoms with Crippen LogP contribution in [0.15, 0.2) is 212 Å². The summed E-state index contributed by atoms with van der Waals surface area (Å²) in [4.78, 5) is 4.79. The number of para-hydroxylation sites is 4. The number of fused-ring (bicyclic) bond motifs is 2. The Labute approximate surface area is 331 Å². The van der Waals surface area contributed by atoms with Crippen molar-refractivity contribution in [2.75, 3.05) is 9.80 Å². The minimum absolute atomic E-state index is 0.938. The number of nitrogens with zero attached hydrogens (tertiary/aromatic N) is 2. The SMILES string of the molecule is C1=CCCC(CCc2c3cc(N(c4ccccc4)c4ccccc4)ccc3c(CCc3ccccc3)c3cc(N(c4ccccc4)c4ccccc4)ccc23)=C1. The van der Waals surface area contributed by atoms with E-state index in [9.17, 15) is 0 Å². The van der Waals surface area contributed by atoms with Gasteiger partial charge < -0.3 is 9.80 Å². The predicted molar refractivity (Wildman–Crippen MR) is 239 cm³/mol. The largest absolute Gasteiger partial charge is 0.310 e. The Hall–Kier alpha value is -6.64. The van der Waals surface area contributed by atoms with Crippen molar-refractivity contribution >= 4 is 55.7 Å². The first-order valence-corrected chi connectivity index (χ1v) is 20.0. The van der Waals surface area contributed by atoms with Gasteiger partial charge in [0, 0.05) is 34.1 Å². The highest BCUT2D eigenvalue weighted by Crippen LogP contribution is 2.43. The van der Waals surface area contributed by atoms with Gasteiger partial charge in [-0.25, -0.2) is 0 Å². The third kappa shape index (κ3) is 7.39. The van der Waals surface area contributed by atoms with Gasteiger partial charge in [-0.05, 0) is 150 Å². The fourth-order valence-corrected chi connectivity index (χ4v) is 8.46. The normalized spacial score (nSPS) is 12.5. The average molecular weight is 723 g/mol. The Morgan fingerprint density at radius 3 is 1.18 bits per heavy atom. The molecule has 0 heterocycles. The molecule has 56 heavy (non-hydrogen) atoms. The van der Waals surface area contributed by atoms with Gasteiger partial charge in [0.05, 0.1) is 0 Å². The molecule has 0 saturated heterocycles. The summed E-state index contributed by atoms with van der Waals surface area (Å²) in [5.74, 6) is 0. The maximum atomic E-state index is 2.47. The van der Waals surface area contributed by atoms with Crippen molar-refractivity contribution in [2.24, 2.45) is 0 Å². The lowest BCUT2D eigenvalue weighted by atomic mass is 9.85. The van der Waals surface area contributed by atoms with Crippen molar-refractivity contribution in [2.45, 2.75) is 38.5 Å². The lowest BCUT2D eigenvalue weighted by Gasteiger charge is -2.28. The molecule has 9 rings (SSSR count). The van der Waals surface area contributed by atoms with Gasteiger partial charge in [0.15, 0.2) is 0 Å². The van der Waals surface area contributed by atoms with Gasteiger partial charge in [-0.2, -0.15) is 0 Å². The van der Waals surface area contributed by atoms with Gasteiger partial charge in [0.2, 0.25) is 0 Å². The summed E-state index contributed by atoms with van der Waals surface area (Å²) in [6, 6.07) is 68.5. The van der Waals surface area contributed by atoms with Crippen molar-refractivity contribution in [3.8, 4) is 0 Å². The quantitative estimate of drug-likeness (QED) is 0.116. The van der Waals surface area contributed by atoms with Gasteiger partial charge in [-0.15, -0.1) is 0 Å². The highest BCUT2D eigenvalue weighted by Gasteiger charge is 2.21. The number of allylic oxidation sites excluding steroid dienone is 4. The van der Waals surface area contributed by atoms with Crippen LogP contribution in [0.3, 0.4) is 0 Å². The molecule has 0 aromatic heterocycles. The summed E-state index contributed by atoms with van der Waals surface area (Å²) in [6.07, 6.45) is 13.1. The number of aryl methyl sites for hydroxylation is 3. The molecule has 2 heteroatoms. The third-order valence-corrected chi connectivity index (χ3v) is 11.2. The van der Waals surface area contributed by atoms with E-state index in [1.807, 2.05) is 0 Å². The van der Waals surface area contributed by atoms with Crippen LogP contribution in [0.25, 0.3) is 21.5 Å². The van der Waals surface area contributed by atoms with Gasteiger partial charge >= 0.3 is 0 Å². The molecule has 0 unspecified atom stereocenters. The summed E-state index contributed by atoms with van der Waals surface area (Å²) >= 11 is 0. The van der Waals surface area contributed by atoms with Crippen LogP contribution in [0.1, 0.15) is 36.0 Å². The van der Waals surface area contributed by atoms with E-state index in [4.69, 9.17) is 0 Å². The number of benzene rings is 8. The molecule has 0 fully saturated rings. The van der Waals surface area contributed by atoms with E-state index in [1.54, 1.807) is 0 Å². The van der Waals surface area contributed by atoms with Crippen LogP contribution in [0.2, 0.25) is 0 Å². The Balaban J connectivity index is 1.28. The maximum Gasteiger partial charge on any atom is 0.0468 e. The molecule has 0 saturated carbocycles. The molecule has 0 N–H and O–H groups in total. The van der Waals surface area contributed by atoms with Crippen LogP contribution in [0, 0.1) is 0 Å². The van der Waals surface area contributed by atoms with E-state index in [0.29, 0.717) is 0 Å². The molecule has 8 aromatic carbocycles. The molecule has 0 radical (unpaired) electrons. The van der Waals surface area contributed by atoms with Gasteiger partial charge in [0.25, 0.3) is 0 Å². The molecular formula is C54H46N2. The van der Waals surface area contributed by atoms with Crippen LogP contribution >= 0.6 is 0 Å². The number of anilines is 6.